The number of hydrogen-bond acceptors (Lipinski definition) is 6. The predicted octanol–water partition coefficient (Wildman–Crippen LogP) is 5.47. The van der Waals surface area contributed by atoms with E-state index >= 15 is 0 Å². The molecule has 2 heterocycles. The van der Waals surface area contributed by atoms with Gasteiger partial charge < -0.3 is 9.47 Å². The number of methoxy groups -OCH3 is 2. The maximum atomic E-state index is 14.0. The standard InChI is InChI=1S/C14H11ClFNO2.C8H8ClNO2/c1-8-5-11(12(7-17-8)14(18)19-2)10-4-3-9(15)6-13(10)16;1-5-3-7(9)6(4-10-5)8(11)12-2/h3-7H,1-2H3;3-4H,1-2H3. The molecule has 0 spiro atoms. The molecule has 0 aliphatic rings. The third-order valence-electron chi connectivity index (χ3n) is 4.06. The molecule has 1 aromatic carbocycles. The maximum absolute atomic E-state index is 14.0. The van der Waals surface area contributed by atoms with Crippen LogP contribution in [0.2, 0.25) is 10.0 Å². The van der Waals surface area contributed by atoms with E-state index in [0.29, 0.717) is 26.9 Å². The number of hydrogen-bond donors (Lipinski definition) is 0. The lowest BCUT2D eigenvalue weighted by Crippen LogP contribution is -2.05. The summed E-state index contributed by atoms with van der Waals surface area (Å²) in [7, 11) is 2.57. The molecule has 0 radical (unpaired) electrons. The molecule has 0 bridgehead atoms. The van der Waals surface area contributed by atoms with E-state index in [4.69, 9.17) is 23.2 Å². The normalized spacial score (nSPS) is 10.0. The molecule has 0 N–H and O–H groups in total. The van der Waals surface area contributed by atoms with E-state index < -0.39 is 17.8 Å². The van der Waals surface area contributed by atoms with Gasteiger partial charge in [0.15, 0.2) is 0 Å². The smallest absolute Gasteiger partial charge is 0.340 e. The van der Waals surface area contributed by atoms with Crippen LogP contribution in [0.5, 0.6) is 0 Å². The Bertz CT molecular complexity index is 1120. The highest BCUT2D eigenvalue weighted by molar-refractivity contribution is 6.33. The second-order valence-corrected chi connectivity index (χ2v) is 7.13. The van der Waals surface area contributed by atoms with Crippen molar-refractivity contribution in [2.24, 2.45) is 0 Å². The van der Waals surface area contributed by atoms with Gasteiger partial charge in [0.1, 0.15) is 5.82 Å². The quantitative estimate of drug-likeness (QED) is 0.478. The van der Waals surface area contributed by atoms with Crippen LogP contribution < -0.4 is 0 Å². The molecule has 0 fully saturated rings. The molecule has 6 nitrogen and oxygen atoms in total. The Balaban J connectivity index is 0.000000245. The van der Waals surface area contributed by atoms with Gasteiger partial charge in [-0.15, -0.1) is 0 Å². The first kappa shape index (κ1) is 24.2. The predicted molar refractivity (Wildman–Crippen MR) is 116 cm³/mol. The van der Waals surface area contributed by atoms with Gasteiger partial charge in [-0.3, -0.25) is 9.97 Å². The first-order valence-electron chi connectivity index (χ1n) is 8.88. The van der Waals surface area contributed by atoms with Crippen molar-refractivity contribution in [2.75, 3.05) is 14.2 Å². The summed E-state index contributed by atoms with van der Waals surface area (Å²) in [5, 5.41) is 0.668. The lowest BCUT2D eigenvalue weighted by molar-refractivity contribution is 0.0591. The molecule has 0 aliphatic carbocycles. The minimum atomic E-state index is -0.558. The average Bonchev–Trinajstić information content (AvgIpc) is 2.73. The van der Waals surface area contributed by atoms with Crippen molar-refractivity contribution < 1.29 is 23.5 Å². The SMILES string of the molecule is COC(=O)c1cnc(C)cc1-c1ccc(Cl)cc1F.COC(=O)c1cnc(C)cc1Cl. The summed E-state index contributed by atoms with van der Waals surface area (Å²) in [6.45, 7) is 3.56. The van der Waals surface area contributed by atoms with Gasteiger partial charge in [-0.05, 0) is 44.2 Å². The fourth-order valence-corrected chi connectivity index (χ4v) is 2.99. The van der Waals surface area contributed by atoms with E-state index in [1.807, 2.05) is 0 Å². The number of ether oxygens (including phenoxy) is 2. The third kappa shape index (κ3) is 6.23. The fraction of sp³-hybridized carbons (Fsp3) is 0.182. The van der Waals surface area contributed by atoms with Crippen LogP contribution in [0.4, 0.5) is 4.39 Å². The van der Waals surface area contributed by atoms with Crippen LogP contribution in [0.15, 0.2) is 42.7 Å². The fourth-order valence-electron chi connectivity index (χ4n) is 2.55. The molecule has 2 aromatic heterocycles. The third-order valence-corrected chi connectivity index (χ3v) is 4.61. The number of halogens is 3. The summed E-state index contributed by atoms with van der Waals surface area (Å²) in [6, 6.07) is 7.55. The van der Waals surface area contributed by atoms with Crippen LogP contribution in [0.1, 0.15) is 32.1 Å². The van der Waals surface area contributed by atoms with Gasteiger partial charge in [0.25, 0.3) is 0 Å². The van der Waals surface area contributed by atoms with Crippen molar-refractivity contribution >= 4 is 35.1 Å². The van der Waals surface area contributed by atoms with E-state index in [-0.39, 0.29) is 11.1 Å². The Labute approximate surface area is 189 Å². The van der Waals surface area contributed by atoms with E-state index in [2.05, 4.69) is 19.4 Å². The minimum Gasteiger partial charge on any atom is -0.465 e. The summed E-state index contributed by atoms with van der Waals surface area (Å²) < 4.78 is 23.1. The first-order valence-corrected chi connectivity index (χ1v) is 9.64. The van der Waals surface area contributed by atoms with Crippen LogP contribution in [0.25, 0.3) is 11.1 Å². The van der Waals surface area contributed by atoms with Gasteiger partial charge in [-0.1, -0.05) is 23.2 Å². The number of pyridine rings is 2. The van der Waals surface area contributed by atoms with Gasteiger partial charge in [0, 0.05) is 39.9 Å². The zero-order valence-electron chi connectivity index (χ0n) is 17.2. The van der Waals surface area contributed by atoms with E-state index in [9.17, 15) is 14.0 Å². The number of carbonyl (C=O) groups is 2. The zero-order valence-corrected chi connectivity index (χ0v) is 18.7. The summed E-state index contributed by atoms with van der Waals surface area (Å²) in [6.07, 6.45) is 2.79. The first-order chi connectivity index (χ1) is 14.7. The van der Waals surface area contributed by atoms with Crippen molar-refractivity contribution in [3.05, 3.63) is 81.1 Å². The lowest BCUT2D eigenvalue weighted by atomic mass is 10.0. The summed E-state index contributed by atoms with van der Waals surface area (Å²) in [5.41, 5.74) is 2.69. The highest BCUT2D eigenvalue weighted by Crippen LogP contribution is 2.29. The molecule has 0 aliphatic heterocycles. The van der Waals surface area contributed by atoms with Crippen molar-refractivity contribution in [1.82, 2.24) is 9.97 Å². The highest BCUT2D eigenvalue weighted by atomic mass is 35.5. The van der Waals surface area contributed by atoms with Crippen LogP contribution in [0, 0.1) is 19.7 Å². The molecule has 0 saturated heterocycles. The van der Waals surface area contributed by atoms with Gasteiger partial charge in [-0.25, -0.2) is 14.0 Å². The Morgan fingerprint density at radius 3 is 1.94 bits per heavy atom. The monoisotopic (exact) mass is 464 g/mol. The molecule has 0 atom stereocenters. The number of rotatable bonds is 3. The van der Waals surface area contributed by atoms with Gasteiger partial charge >= 0.3 is 11.9 Å². The summed E-state index contributed by atoms with van der Waals surface area (Å²) >= 11 is 11.5. The van der Waals surface area contributed by atoms with E-state index in [0.717, 1.165) is 5.69 Å². The average molecular weight is 465 g/mol. The molecule has 0 unspecified atom stereocenters. The maximum Gasteiger partial charge on any atom is 0.340 e. The zero-order chi connectivity index (χ0) is 23.1. The topological polar surface area (TPSA) is 78.4 Å². The van der Waals surface area contributed by atoms with E-state index in [1.54, 1.807) is 32.0 Å². The Morgan fingerprint density at radius 2 is 1.39 bits per heavy atom. The second-order valence-electron chi connectivity index (χ2n) is 6.28. The highest BCUT2D eigenvalue weighted by Gasteiger charge is 2.17. The molecular formula is C22H19Cl2FN2O4. The van der Waals surface area contributed by atoms with Gasteiger partial charge in [0.05, 0.1) is 30.4 Å². The summed E-state index contributed by atoms with van der Waals surface area (Å²) in [4.78, 5) is 30.6. The minimum absolute atomic E-state index is 0.217. The van der Waals surface area contributed by atoms with Crippen molar-refractivity contribution in [2.45, 2.75) is 13.8 Å². The van der Waals surface area contributed by atoms with E-state index in [1.165, 1.54) is 38.7 Å². The van der Waals surface area contributed by atoms with Gasteiger partial charge in [-0.2, -0.15) is 0 Å². The largest absolute Gasteiger partial charge is 0.465 e. The molecular weight excluding hydrogens is 446 g/mol. The molecule has 0 amide bonds. The van der Waals surface area contributed by atoms with Crippen LogP contribution >= 0.6 is 23.2 Å². The Morgan fingerprint density at radius 1 is 0.839 bits per heavy atom. The van der Waals surface area contributed by atoms with Crippen molar-refractivity contribution in [3.63, 3.8) is 0 Å². The number of nitrogens with zero attached hydrogens (tertiary/aromatic N) is 2. The Kier molecular flexibility index (Phi) is 8.47. The lowest BCUT2D eigenvalue weighted by Gasteiger charge is -2.10. The van der Waals surface area contributed by atoms with Gasteiger partial charge in [0.2, 0.25) is 0 Å². The number of aryl methyl sites for hydroxylation is 2. The van der Waals surface area contributed by atoms with Crippen LogP contribution in [-0.2, 0) is 9.47 Å². The van der Waals surface area contributed by atoms with Crippen LogP contribution in [-0.4, -0.2) is 36.1 Å². The molecule has 162 valence electrons. The number of benzene rings is 1. The number of carbonyl (C=O) groups excluding carboxylic acids is 2. The molecule has 31 heavy (non-hydrogen) atoms. The molecule has 9 heteroatoms. The van der Waals surface area contributed by atoms with Crippen molar-refractivity contribution in [3.8, 4) is 11.1 Å². The molecule has 3 aromatic rings. The Hall–Kier alpha value is -3.03. The molecule has 0 saturated carbocycles. The second kappa shape index (κ2) is 10.8. The molecule has 3 rings (SSSR count). The number of aromatic nitrogens is 2. The number of esters is 2. The summed E-state index contributed by atoms with van der Waals surface area (Å²) in [5.74, 6) is -1.52. The van der Waals surface area contributed by atoms with Crippen molar-refractivity contribution in [1.29, 1.82) is 0 Å². The van der Waals surface area contributed by atoms with Crippen LogP contribution in [0.3, 0.4) is 0 Å².